The van der Waals surface area contributed by atoms with Gasteiger partial charge in [0.25, 0.3) is 0 Å². The Balaban J connectivity index is 2.88. The summed E-state index contributed by atoms with van der Waals surface area (Å²) in [5, 5.41) is 4.04. The maximum absolute atomic E-state index is 5.18. The maximum atomic E-state index is 5.18. The van der Waals surface area contributed by atoms with Crippen molar-refractivity contribution in [3.05, 3.63) is 36.3 Å². The molecule has 1 aromatic rings. The zero-order valence-electron chi connectivity index (χ0n) is 7.24. The van der Waals surface area contributed by atoms with E-state index in [2.05, 4.69) is 10.5 Å². The molecule has 0 aliphatic rings. The summed E-state index contributed by atoms with van der Waals surface area (Å²) in [6.45, 7) is 1.94. The zero-order chi connectivity index (χ0) is 8.81. The van der Waals surface area contributed by atoms with E-state index in [1.807, 2.05) is 31.2 Å². The summed E-state index contributed by atoms with van der Waals surface area (Å²) >= 11 is 0. The van der Waals surface area contributed by atoms with Gasteiger partial charge in [0.1, 0.15) is 5.71 Å². The molecule has 3 heteroatoms. The molecule has 1 N–H and O–H groups in total. The molecule has 0 aromatic carbocycles. The van der Waals surface area contributed by atoms with Crippen molar-refractivity contribution in [2.75, 3.05) is 7.05 Å². The molecular weight excluding hydrogens is 152 g/mol. The summed E-state index contributed by atoms with van der Waals surface area (Å²) < 4.78 is 5.18. The summed E-state index contributed by atoms with van der Waals surface area (Å²) in [6, 6.07) is 3.71. The summed E-state index contributed by atoms with van der Waals surface area (Å²) in [6.07, 6.45) is 5.43. The molecule has 0 amide bonds. The molecule has 0 radical (unpaired) electrons. The Bertz CT molecular complexity index is 273. The van der Waals surface area contributed by atoms with Crippen molar-refractivity contribution < 1.29 is 4.42 Å². The third-order valence-electron chi connectivity index (χ3n) is 1.33. The van der Waals surface area contributed by atoms with E-state index in [9.17, 15) is 0 Å². The van der Waals surface area contributed by atoms with Gasteiger partial charge in [-0.3, -0.25) is 0 Å². The highest BCUT2D eigenvalue weighted by molar-refractivity contribution is 6.06. The second-order valence-corrected chi connectivity index (χ2v) is 2.20. The first-order chi connectivity index (χ1) is 5.88. The second kappa shape index (κ2) is 4.38. The van der Waals surface area contributed by atoms with Crippen LogP contribution in [-0.4, -0.2) is 12.8 Å². The lowest BCUT2D eigenvalue weighted by Crippen LogP contribution is -2.03. The number of hydrazone groups is 1. The van der Waals surface area contributed by atoms with Gasteiger partial charge in [0, 0.05) is 7.05 Å². The SMILES string of the molecule is C/C=C/C(=N\NC)c1ccco1. The van der Waals surface area contributed by atoms with Crippen molar-refractivity contribution in [2.24, 2.45) is 5.10 Å². The molecule has 0 spiro atoms. The summed E-state index contributed by atoms with van der Waals surface area (Å²) in [5.41, 5.74) is 3.51. The van der Waals surface area contributed by atoms with Gasteiger partial charge >= 0.3 is 0 Å². The third kappa shape index (κ3) is 1.99. The minimum Gasteiger partial charge on any atom is -0.463 e. The van der Waals surface area contributed by atoms with E-state index < -0.39 is 0 Å². The van der Waals surface area contributed by atoms with Crippen molar-refractivity contribution in [1.29, 1.82) is 0 Å². The smallest absolute Gasteiger partial charge is 0.154 e. The Morgan fingerprint density at radius 1 is 1.67 bits per heavy atom. The molecule has 0 fully saturated rings. The van der Waals surface area contributed by atoms with Crippen molar-refractivity contribution in [2.45, 2.75) is 6.92 Å². The van der Waals surface area contributed by atoms with Crippen molar-refractivity contribution in [3.63, 3.8) is 0 Å². The molecule has 12 heavy (non-hydrogen) atoms. The van der Waals surface area contributed by atoms with Gasteiger partial charge < -0.3 is 9.84 Å². The van der Waals surface area contributed by atoms with Gasteiger partial charge in [-0.25, -0.2) is 0 Å². The molecule has 0 aliphatic carbocycles. The highest BCUT2D eigenvalue weighted by Gasteiger charge is 2.00. The molecule has 0 saturated heterocycles. The Morgan fingerprint density at radius 3 is 3.00 bits per heavy atom. The van der Waals surface area contributed by atoms with Crippen LogP contribution >= 0.6 is 0 Å². The predicted molar refractivity (Wildman–Crippen MR) is 49.1 cm³/mol. The lowest BCUT2D eigenvalue weighted by molar-refractivity contribution is 0.557. The summed E-state index contributed by atoms with van der Waals surface area (Å²) in [4.78, 5) is 0. The van der Waals surface area contributed by atoms with Crippen LogP contribution in [0.15, 0.2) is 40.1 Å². The van der Waals surface area contributed by atoms with Crippen LogP contribution in [0.5, 0.6) is 0 Å². The second-order valence-electron chi connectivity index (χ2n) is 2.20. The van der Waals surface area contributed by atoms with E-state index in [0.29, 0.717) is 0 Å². The lowest BCUT2D eigenvalue weighted by Gasteiger charge is -1.95. The molecule has 1 heterocycles. The van der Waals surface area contributed by atoms with E-state index >= 15 is 0 Å². The largest absolute Gasteiger partial charge is 0.463 e. The molecule has 64 valence electrons. The van der Waals surface area contributed by atoms with E-state index in [1.54, 1.807) is 13.3 Å². The normalized spacial score (nSPS) is 12.3. The van der Waals surface area contributed by atoms with Gasteiger partial charge in [-0.1, -0.05) is 6.08 Å². The van der Waals surface area contributed by atoms with Gasteiger partial charge in [0.15, 0.2) is 5.76 Å². The molecule has 0 bridgehead atoms. The lowest BCUT2D eigenvalue weighted by atomic mass is 10.3. The van der Waals surface area contributed by atoms with Gasteiger partial charge in [0.2, 0.25) is 0 Å². The first kappa shape index (κ1) is 8.59. The zero-order valence-corrected chi connectivity index (χ0v) is 7.24. The van der Waals surface area contributed by atoms with Gasteiger partial charge in [-0.15, -0.1) is 0 Å². The van der Waals surface area contributed by atoms with E-state index in [-0.39, 0.29) is 0 Å². The van der Waals surface area contributed by atoms with Crippen LogP contribution < -0.4 is 5.43 Å². The number of furan rings is 1. The first-order valence-corrected chi connectivity index (χ1v) is 3.79. The van der Waals surface area contributed by atoms with Gasteiger partial charge in [-0.2, -0.15) is 5.10 Å². The topological polar surface area (TPSA) is 37.5 Å². The fourth-order valence-electron chi connectivity index (χ4n) is 0.877. The summed E-state index contributed by atoms with van der Waals surface area (Å²) in [5.74, 6) is 0.766. The Kier molecular flexibility index (Phi) is 3.14. The fourth-order valence-corrected chi connectivity index (χ4v) is 0.877. The van der Waals surface area contributed by atoms with E-state index in [1.165, 1.54) is 0 Å². The number of allylic oxidation sites excluding steroid dienone is 2. The van der Waals surface area contributed by atoms with Crippen LogP contribution in [0.3, 0.4) is 0 Å². The van der Waals surface area contributed by atoms with Crippen LogP contribution in [0.2, 0.25) is 0 Å². The third-order valence-corrected chi connectivity index (χ3v) is 1.33. The van der Waals surface area contributed by atoms with Crippen LogP contribution in [0.1, 0.15) is 12.7 Å². The van der Waals surface area contributed by atoms with Crippen molar-refractivity contribution >= 4 is 5.71 Å². The molecule has 0 saturated carbocycles. The van der Waals surface area contributed by atoms with Crippen LogP contribution in [0.4, 0.5) is 0 Å². The average Bonchev–Trinajstić information content (AvgIpc) is 2.56. The number of hydrogen-bond acceptors (Lipinski definition) is 3. The minimum absolute atomic E-state index is 0.766. The Morgan fingerprint density at radius 2 is 2.50 bits per heavy atom. The monoisotopic (exact) mass is 164 g/mol. The molecule has 0 aliphatic heterocycles. The highest BCUT2D eigenvalue weighted by atomic mass is 16.3. The van der Waals surface area contributed by atoms with E-state index in [0.717, 1.165) is 11.5 Å². The molecule has 1 aromatic heterocycles. The highest BCUT2D eigenvalue weighted by Crippen LogP contribution is 2.02. The van der Waals surface area contributed by atoms with Gasteiger partial charge in [-0.05, 0) is 25.1 Å². The number of rotatable bonds is 3. The molecule has 0 atom stereocenters. The maximum Gasteiger partial charge on any atom is 0.154 e. The molecular formula is C9H12N2O. The number of nitrogens with zero attached hydrogens (tertiary/aromatic N) is 1. The molecule has 1 rings (SSSR count). The average molecular weight is 164 g/mol. The fraction of sp³-hybridized carbons (Fsp3) is 0.222. The molecule has 3 nitrogen and oxygen atoms in total. The minimum atomic E-state index is 0.766. The Labute approximate surface area is 71.8 Å². The van der Waals surface area contributed by atoms with Crippen molar-refractivity contribution in [3.8, 4) is 0 Å². The first-order valence-electron chi connectivity index (χ1n) is 3.79. The quantitative estimate of drug-likeness (QED) is 0.546. The van der Waals surface area contributed by atoms with Crippen LogP contribution in [-0.2, 0) is 0 Å². The standard InChI is InChI=1S/C9H12N2O/c1-3-5-8(11-10-2)9-6-4-7-12-9/h3-7,10H,1-2H3/b5-3+,11-8+. The predicted octanol–water partition coefficient (Wildman–Crippen LogP) is 1.78. The van der Waals surface area contributed by atoms with E-state index in [4.69, 9.17) is 4.42 Å². The Hall–Kier alpha value is -1.51. The van der Waals surface area contributed by atoms with Crippen LogP contribution in [0.25, 0.3) is 0 Å². The summed E-state index contributed by atoms with van der Waals surface area (Å²) in [7, 11) is 1.76. The number of hydrogen-bond donors (Lipinski definition) is 1. The molecule has 0 unspecified atom stereocenters. The number of nitrogens with one attached hydrogen (secondary N) is 1. The van der Waals surface area contributed by atoms with Crippen LogP contribution in [0, 0.1) is 0 Å². The van der Waals surface area contributed by atoms with Crippen molar-refractivity contribution in [1.82, 2.24) is 5.43 Å². The van der Waals surface area contributed by atoms with Gasteiger partial charge in [0.05, 0.1) is 6.26 Å².